The van der Waals surface area contributed by atoms with Gasteiger partial charge in [0.1, 0.15) is 0 Å². The number of aliphatic hydroxyl groups excluding tert-OH is 2. The lowest BCUT2D eigenvalue weighted by molar-refractivity contribution is -0.147. The first kappa shape index (κ1) is 19.4. The molecular weight excluding hydrogens is 322 g/mol. The lowest BCUT2D eigenvalue weighted by atomic mass is 10.0. The van der Waals surface area contributed by atoms with Crippen LogP contribution >= 0.6 is 0 Å². The monoisotopic (exact) mass is 349 g/mol. The van der Waals surface area contributed by atoms with Gasteiger partial charge in [0, 0.05) is 38.8 Å². The third-order valence-corrected chi connectivity index (χ3v) is 4.39. The van der Waals surface area contributed by atoms with Crippen LogP contribution in [0.1, 0.15) is 18.4 Å². The van der Waals surface area contributed by atoms with Crippen molar-refractivity contribution in [2.24, 2.45) is 0 Å². The van der Waals surface area contributed by atoms with E-state index in [4.69, 9.17) is 10.2 Å². The Kier molecular flexibility index (Phi) is 7.84. The van der Waals surface area contributed by atoms with Crippen molar-refractivity contribution in [1.82, 2.24) is 15.1 Å². The predicted molar refractivity (Wildman–Crippen MR) is 93.6 cm³/mol. The van der Waals surface area contributed by atoms with Crippen LogP contribution < -0.4 is 5.32 Å². The van der Waals surface area contributed by atoms with Crippen molar-refractivity contribution in [3.63, 3.8) is 0 Å². The zero-order valence-corrected chi connectivity index (χ0v) is 14.4. The lowest BCUT2D eigenvalue weighted by Gasteiger charge is -2.32. The van der Waals surface area contributed by atoms with Gasteiger partial charge in [0.2, 0.25) is 0 Å². The van der Waals surface area contributed by atoms with Crippen LogP contribution in [0.2, 0.25) is 0 Å². The topological polar surface area (TPSA) is 93.1 Å². The molecule has 1 aromatic carbocycles. The molecule has 1 heterocycles. The molecule has 0 aromatic heterocycles. The number of amides is 2. The number of carbonyl (C=O) groups is 2. The Morgan fingerprint density at radius 2 is 1.68 bits per heavy atom. The van der Waals surface area contributed by atoms with Crippen LogP contribution in [-0.4, -0.2) is 77.3 Å². The number of piperidine rings is 1. The van der Waals surface area contributed by atoms with E-state index in [1.807, 2.05) is 18.2 Å². The number of nitrogens with zero attached hydrogens (tertiary/aromatic N) is 2. The van der Waals surface area contributed by atoms with Gasteiger partial charge in [-0.1, -0.05) is 30.3 Å². The maximum atomic E-state index is 12.1. The Morgan fingerprint density at radius 3 is 2.24 bits per heavy atom. The second kappa shape index (κ2) is 10.1. The van der Waals surface area contributed by atoms with E-state index in [0.717, 1.165) is 32.5 Å². The van der Waals surface area contributed by atoms with Gasteiger partial charge in [0.25, 0.3) is 0 Å². The Labute approximate surface area is 148 Å². The van der Waals surface area contributed by atoms with Crippen LogP contribution in [0.15, 0.2) is 30.3 Å². The summed E-state index contributed by atoms with van der Waals surface area (Å²) < 4.78 is 0. The molecular formula is C18H27N3O4. The smallest absolute Gasteiger partial charge is 0.312 e. The first-order valence-corrected chi connectivity index (χ1v) is 8.71. The number of carbonyl (C=O) groups excluding carboxylic acids is 2. The fourth-order valence-electron chi connectivity index (χ4n) is 3.02. The third-order valence-electron chi connectivity index (χ3n) is 4.39. The molecule has 0 radical (unpaired) electrons. The molecule has 1 aromatic rings. The van der Waals surface area contributed by atoms with Crippen LogP contribution in [0.25, 0.3) is 0 Å². The van der Waals surface area contributed by atoms with Crippen molar-refractivity contribution in [2.75, 3.05) is 39.4 Å². The number of benzene rings is 1. The van der Waals surface area contributed by atoms with Crippen LogP contribution in [0.5, 0.6) is 0 Å². The van der Waals surface area contributed by atoms with Crippen molar-refractivity contribution in [3.05, 3.63) is 35.9 Å². The predicted octanol–water partition coefficient (Wildman–Crippen LogP) is -0.420. The van der Waals surface area contributed by atoms with Gasteiger partial charge in [-0.3, -0.25) is 14.5 Å². The van der Waals surface area contributed by atoms with Crippen molar-refractivity contribution in [2.45, 2.75) is 25.4 Å². The van der Waals surface area contributed by atoms with Crippen LogP contribution in [-0.2, 0) is 16.1 Å². The Bertz CT molecular complexity index is 539. The molecule has 0 bridgehead atoms. The van der Waals surface area contributed by atoms with Crippen LogP contribution in [0.3, 0.4) is 0 Å². The SMILES string of the molecule is O=C(NC1CCN(Cc2ccccc2)CC1)C(=O)N(CCO)CCO. The molecule has 3 N–H and O–H groups in total. The summed E-state index contributed by atoms with van der Waals surface area (Å²) in [6, 6.07) is 10.2. The standard InChI is InChI=1S/C18H27N3O4/c22-12-10-21(11-13-23)18(25)17(24)19-16-6-8-20(9-7-16)14-15-4-2-1-3-5-15/h1-5,16,22-23H,6-14H2,(H,19,24). The highest BCUT2D eigenvalue weighted by molar-refractivity contribution is 6.35. The summed E-state index contributed by atoms with van der Waals surface area (Å²) >= 11 is 0. The molecule has 0 unspecified atom stereocenters. The van der Waals surface area contributed by atoms with E-state index in [1.165, 1.54) is 10.5 Å². The second-order valence-corrected chi connectivity index (χ2v) is 6.25. The van der Waals surface area contributed by atoms with E-state index in [-0.39, 0.29) is 32.3 Å². The van der Waals surface area contributed by atoms with Gasteiger partial charge in [-0.2, -0.15) is 0 Å². The molecule has 7 heteroatoms. The van der Waals surface area contributed by atoms with Crippen molar-refractivity contribution in [1.29, 1.82) is 0 Å². The molecule has 1 aliphatic rings. The largest absolute Gasteiger partial charge is 0.395 e. The molecule has 1 saturated heterocycles. The van der Waals surface area contributed by atoms with Gasteiger partial charge < -0.3 is 20.4 Å². The molecule has 1 aliphatic heterocycles. The Hall–Kier alpha value is -1.96. The number of rotatable bonds is 7. The number of nitrogens with one attached hydrogen (secondary N) is 1. The lowest BCUT2D eigenvalue weighted by Crippen LogP contribution is -2.50. The van der Waals surface area contributed by atoms with Gasteiger partial charge >= 0.3 is 11.8 Å². The van der Waals surface area contributed by atoms with Gasteiger partial charge in [0.05, 0.1) is 13.2 Å². The highest BCUT2D eigenvalue weighted by atomic mass is 16.3. The molecule has 1 fully saturated rings. The molecule has 138 valence electrons. The molecule has 2 rings (SSSR count). The molecule has 0 spiro atoms. The molecule has 25 heavy (non-hydrogen) atoms. The van der Waals surface area contributed by atoms with Gasteiger partial charge in [-0.05, 0) is 18.4 Å². The van der Waals surface area contributed by atoms with Gasteiger partial charge in [0.15, 0.2) is 0 Å². The fourth-order valence-corrected chi connectivity index (χ4v) is 3.02. The van der Waals surface area contributed by atoms with Gasteiger partial charge in [-0.25, -0.2) is 0 Å². The van der Waals surface area contributed by atoms with Crippen molar-refractivity contribution < 1.29 is 19.8 Å². The minimum absolute atomic E-state index is 0.0198. The fraction of sp³-hybridized carbons (Fsp3) is 0.556. The Balaban J connectivity index is 1.76. The summed E-state index contributed by atoms with van der Waals surface area (Å²) in [4.78, 5) is 27.7. The zero-order chi connectivity index (χ0) is 18.1. The van der Waals surface area contributed by atoms with Crippen LogP contribution in [0.4, 0.5) is 0 Å². The number of hydrogen-bond acceptors (Lipinski definition) is 5. The highest BCUT2D eigenvalue weighted by Gasteiger charge is 2.26. The van der Waals surface area contributed by atoms with Crippen molar-refractivity contribution >= 4 is 11.8 Å². The molecule has 7 nitrogen and oxygen atoms in total. The normalized spacial score (nSPS) is 15.8. The molecule has 0 atom stereocenters. The van der Waals surface area contributed by atoms with Gasteiger partial charge in [-0.15, -0.1) is 0 Å². The molecule has 0 saturated carbocycles. The summed E-state index contributed by atoms with van der Waals surface area (Å²) in [5.74, 6) is -1.36. The zero-order valence-electron chi connectivity index (χ0n) is 14.4. The first-order valence-electron chi connectivity index (χ1n) is 8.71. The van der Waals surface area contributed by atoms with E-state index >= 15 is 0 Å². The quantitative estimate of drug-likeness (QED) is 0.582. The van der Waals surface area contributed by atoms with Crippen LogP contribution in [0, 0.1) is 0 Å². The number of hydrogen-bond donors (Lipinski definition) is 3. The molecule has 0 aliphatic carbocycles. The summed E-state index contributed by atoms with van der Waals surface area (Å²) in [6.45, 7) is 2.23. The minimum Gasteiger partial charge on any atom is -0.395 e. The number of likely N-dealkylation sites (tertiary alicyclic amines) is 1. The molecule has 2 amide bonds. The van der Waals surface area contributed by atoms with E-state index in [2.05, 4.69) is 22.3 Å². The summed E-state index contributed by atoms with van der Waals surface area (Å²) in [5, 5.41) is 20.7. The highest BCUT2D eigenvalue weighted by Crippen LogP contribution is 2.14. The maximum absolute atomic E-state index is 12.1. The van der Waals surface area contributed by atoms with E-state index in [9.17, 15) is 9.59 Å². The summed E-state index contributed by atoms with van der Waals surface area (Å²) in [6.07, 6.45) is 1.59. The third kappa shape index (κ3) is 6.12. The average Bonchev–Trinajstić information content (AvgIpc) is 2.63. The summed E-state index contributed by atoms with van der Waals surface area (Å²) in [7, 11) is 0. The maximum Gasteiger partial charge on any atom is 0.312 e. The van der Waals surface area contributed by atoms with E-state index in [0.29, 0.717) is 0 Å². The average molecular weight is 349 g/mol. The second-order valence-electron chi connectivity index (χ2n) is 6.25. The van der Waals surface area contributed by atoms with E-state index in [1.54, 1.807) is 0 Å². The van der Waals surface area contributed by atoms with Crippen molar-refractivity contribution in [3.8, 4) is 0 Å². The Morgan fingerprint density at radius 1 is 1.08 bits per heavy atom. The minimum atomic E-state index is -0.699. The number of aliphatic hydroxyl groups is 2. The first-order chi connectivity index (χ1) is 12.1. The van der Waals surface area contributed by atoms with E-state index < -0.39 is 11.8 Å². The summed E-state index contributed by atoms with van der Waals surface area (Å²) in [5.41, 5.74) is 1.27.